The van der Waals surface area contributed by atoms with Crippen LogP contribution in [0.3, 0.4) is 0 Å². The third-order valence-electron chi connectivity index (χ3n) is 2.68. The molecule has 0 atom stereocenters. The molecule has 0 spiro atoms. The van der Waals surface area contributed by atoms with Crippen molar-refractivity contribution in [3.63, 3.8) is 0 Å². The lowest BCUT2D eigenvalue weighted by Gasteiger charge is -2.17. The molecular formula is C13H13NO. The normalized spacial score (nSPS) is 14.1. The van der Waals surface area contributed by atoms with Crippen molar-refractivity contribution in [1.29, 1.82) is 0 Å². The number of terminal acetylenes is 1. The number of carbonyl (C=O) groups excluding carboxylic acids is 1. The first-order chi connectivity index (χ1) is 7.31. The van der Waals surface area contributed by atoms with Gasteiger partial charge in [0.1, 0.15) is 0 Å². The van der Waals surface area contributed by atoms with E-state index in [9.17, 15) is 4.79 Å². The third kappa shape index (κ3) is 2.08. The number of nitrogens with one attached hydrogen (secondary N) is 1. The molecule has 0 unspecified atom stereocenters. The summed E-state index contributed by atoms with van der Waals surface area (Å²) >= 11 is 0. The van der Waals surface area contributed by atoms with Gasteiger partial charge >= 0.3 is 0 Å². The second-order valence-electron chi connectivity index (χ2n) is 3.71. The highest BCUT2D eigenvalue weighted by Crippen LogP contribution is 2.16. The maximum atomic E-state index is 11.6. The minimum Gasteiger partial charge on any atom is -0.312 e. The van der Waals surface area contributed by atoms with Crippen LogP contribution < -0.4 is 5.32 Å². The van der Waals surface area contributed by atoms with E-state index in [0.717, 1.165) is 25.1 Å². The second kappa shape index (κ2) is 4.29. The van der Waals surface area contributed by atoms with Gasteiger partial charge in [0, 0.05) is 12.1 Å². The van der Waals surface area contributed by atoms with Crippen LogP contribution in [0.4, 0.5) is 0 Å². The summed E-state index contributed by atoms with van der Waals surface area (Å²) in [4.78, 5) is 11.6. The molecule has 15 heavy (non-hydrogen) atoms. The lowest BCUT2D eigenvalue weighted by atomic mass is 9.96. The Balaban J connectivity index is 2.28. The summed E-state index contributed by atoms with van der Waals surface area (Å²) in [5, 5.41) is 3.29. The summed E-state index contributed by atoms with van der Waals surface area (Å²) in [5.41, 5.74) is 3.30. The Hall–Kier alpha value is -1.59. The van der Waals surface area contributed by atoms with Crippen LogP contribution in [0.15, 0.2) is 18.2 Å². The lowest BCUT2D eigenvalue weighted by Crippen LogP contribution is -2.23. The molecule has 0 saturated carbocycles. The van der Waals surface area contributed by atoms with Gasteiger partial charge in [0.15, 0.2) is 5.78 Å². The number of hydrogen-bond donors (Lipinski definition) is 1. The Morgan fingerprint density at radius 1 is 1.47 bits per heavy atom. The summed E-state index contributed by atoms with van der Waals surface area (Å²) in [5.74, 6) is 2.41. The zero-order chi connectivity index (χ0) is 10.7. The molecule has 0 bridgehead atoms. The first-order valence-corrected chi connectivity index (χ1v) is 5.10. The summed E-state index contributed by atoms with van der Waals surface area (Å²) in [6, 6.07) is 5.88. The van der Waals surface area contributed by atoms with Gasteiger partial charge in [-0.2, -0.15) is 0 Å². The molecule has 2 rings (SSSR count). The van der Waals surface area contributed by atoms with Crippen LogP contribution in [0.1, 0.15) is 27.9 Å². The Kier molecular flexibility index (Phi) is 2.84. The van der Waals surface area contributed by atoms with Crippen molar-refractivity contribution < 1.29 is 4.79 Å². The molecule has 1 aliphatic rings. The standard InChI is InChI=1S/C13H13NO/c1-2-3-13(15)11-5-4-10-6-7-14-9-12(10)8-11/h1,4-5,8,14H,3,6-7,9H2. The van der Waals surface area contributed by atoms with Crippen molar-refractivity contribution in [2.24, 2.45) is 0 Å². The fourth-order valence-corrected chi connectivity index (χ4v) is 1.85. The summed E-state index contributed by atoms with van der Waals surface area (Å²) in [6.45, 7) is 1.87. The predicted molar refractivity (Wildman–Crippen MR) is 59.6 cm³/mol. The van der Waals surface area contributed by atoms with Gasteiger partial charge in [0.25, 0.3) is 0 Å². The van der Waals surface area contributed by atoms with Crippen molar-refractivity contribution in [2.45, 2.75) is 19.4 Å². The number of benzene rings is 1. The molecule has 0 aliphatic carbocycles. The van der Waals surface area contributed by atoms with E-state index < -0.39 is 0 Å². The molecular weight excluding hydrogens is 186 g/mol. The summed E-state index contributed by atoms with van der Waals surface area (Å²) in [6.07, 6.45) is 6.35. The first kappa shape index (κ1) is 9.95. The molecule has 1 N–H and O–H groups in total. The van der Waals surface area contributed by atoms with E-state index in [1.165, 1.54) is 11.1 Å². The minimum absolute atomic E-state index is 0.0332. The predicted octanol–water partition coefficient (Wildman–Crippen LogP) is 1.54. The maximum Gasteiger partial charge on any atom is 0.174 e. The highest BCUT2D eigenvalue weighted by atomic mass is 16.1. The van der Waals surface area contributed by atoms with Gasteiger partial charge in [-0.3, -0.25) is 4.79 Å². The number of fused-ring (bicyclic) bond motifs is 1. The zero-order valence-corrected chi connectivity index (χ0v) is 8.55. The van der Waals surface area contributed by atoms with Crippen LogP contribution in [0.25, 0.3) is 0 Å². The van der Waals surface area contributed by atoms with Gasteiger partial charge in [-0.05, 0) is 30.2 Å². The van der Waals surface area contributed by atoms with Crippen LogP contribution >= 0.6 is 0 Å². The van der Waals surface area contributed by atoms with Crippen molar-refractivity contribution in [3.05, 3.63) is 34.9 Å². The monoisotopic (exact) mass is 199 g/mol. The fraction of sp³-hybridized carbons (Fsp3) is 0.308. The van der Waals surface area contributed by atoms with Crippen LogP contribution in [0, 0.1) is 12.3 Å². The number of ketones is 1. The second-order valence-corrected chi connectivity index (χ2v) is 3.71. The van der Waals surface area contributed by atoms with E-state index >= 15 is 0 Å². The zero-order valence-electron chi connectivity index (χ0n) is 8.55. The van der Waals surface area contributed by atoms with Crippen molar-refractivity contribution in [1.82, 2.24) is 5.32 Å². The van der Waals surface area contributed by atoms with E-state index in [2.05, 4.69) is 11.2 Å². The van der Waals surface area contributed by atoms with Crippen LogP contribution in [0.2, 0.25) is 0 Å². The van der Waals surface area contributed by atoms with E-state index in [1.807, 2.05) is 18.2 Å². The molecule has 0 radical (unpaired) electrons. The minimum atomic E-state index is 0.0332. The highest BCUT2D eigenvalue weighted by molar-refractivity contribution is 5.97. The molecule has 1 aliphatic heterocycles. The Labute approximate surface area is 89.7 Å². The topological polar surface area (TPSA) is 29.1 Å². The molecule has 0 amide bonds. The van der Waals surface area contributed by atoms with E-state index in [0.29, 0.717) is 0 Å². The van der Waals surface area contributed by atoms with Gasteiger partial charge in [0.2, 0.25) is 0 Å². The van der Waals surface area contributed by atoms with Crippen molar-refractivity contribution in [3.8, 4) is 12.3 Å². The van der Waals surface area contributed by atoms with Crippen LogP contribution in [-0.4, -0.2) is 12.3 Å². The smallest absolute Gasteiger partial charge is 0.174 e. The fourth-order valence-electron chi connectivity index (χ4n) is 1.85. The van der Waals surface area contributed by atoms with Crippen molar-refractivity contribution in [2.75, 3.05) is 6.54 Å². The average Bonchev–Trinajstić information content (AvgIpc) is 2.29. The highest BCUT2D eigenvalue weighted by Gasteiger charge is 2.11. The molecule has 0 fully saturated rings. The quantitative estimate of drug-likeness (QED) is 0.578. The van der Waals surface area contributed by atoms with E-state index in [1.54, 1.807) is 0 Å². The Morgan fingerprint density at radius 2 is 2.33 bits per heavy atom. The molecule has 0 saturated heterocycles. The number of rotatable bonds is 2. The van der Waals surface area contributed by atoms with Gasteiger partial charge < -0.3 is 5.32 Å². The van der Waals surface area contributed by atoms with Crippen molar-refractivity contribution >= 4 is 5.78 Å². The molecule has 76 valence electrons. The average molecular weight is 199 g/mol. The van der Waals surface area contributed by atoms with E-state index in [-0.39, 0.29) is 12.2 Å². The summed E-state index contributed by atoms with van der Waals surface area (Å²) < 4.78 is 0. The third-order valence-corrected chi connectivity index (χ3v) is 2.68. The van der Waals surface area contributed by atoms with Crippen LogP contribution in [-0.2, 0) is 13.0 Å². The van der Waals surface area contributed by atoms with Gasteiger partial charge in [0.05, 0.1) is 6.42 Å². The number of Topliss-reactive ketones (excluding diaryl/α,β-unsaturated/α-hetero) is 1. The van der Waals surface area contributed by atoms with Crippen LogP contribution in [0.5, 0.6) is 0 Å². The van der Waals surface area contributed by atoms with Gasteiger partial charge in [-0.25, -0.2) is 0 Å². The molecule has 1 aromatic rings. The largest absolute Gasteiger partial charge is 0.312 e. The van der Waals surface area contributed by atoms with Gasteiger partial charge in [-0.15, -0.1) is 6.42 Å². The molecule has 0 aromatic heterocycles. The molecule has 1 heterocycles. The Morgan fingerprint density at radius 3 is 3.13 bits per heavy atom. The first-order valence-electron chi connectivity index (χ1n) is 5.10. The number of hydrogen-bond acceptors (Lipinski definition) is 2. The van der Waals surface area contributed by atoms with E-state index in [4.69, 9.17) is 6.42 Å². The molecule has 2 heteroatoms. The lowest BCUT2D eigenvalue weighted by molar-refractivity contribution is 0.0998. The summed E-state index contributed by atoms with van der Waals surface area (Å²) in [7, 11) is 0. The molecule has 2 nitrogen and oxygen atoms in total. The maximum absolute atomic E-state index is 11.6. The molecule has 1 aromatic carbocycles. The SMILES string of the molecule is C#CCC(=O)c1ccc2c(c1)CNCC2. The van der Waals surface area contributed by atoms with Gasteiger partial charge in [-0.1, -0.05) is 18.1 Å². The Bertz CT molecular complexity index is 429. The number of carbonyl (C=O) groups is 1.